The van der Waals surface area contributed by atoms with Gasteiger partial charge in [-0.25, -0.2) is 9.59 Å². The Kier molecular flexibility index (Phi) is 5.08. The first-order chi connectivity index (χ1) is 16.1. The van der Waals surface area contributed by atoms with Crippen molar-refractivity contribution in [3.8, 4) is 22.9 Å². The van der Waals surface area contributed by atoms with Gasteiger partial charge in [0.15, 0.2) is 0 Å². The minimum absolute atomic E-state index is 0.317. The number of para-hydroxylation sites is 1. The summed E-state index contributed by atoms with van der Waals surface area (Å²) in [6, 6.07) is 25.0. The van der Waals surface area contributed by atoms with Crippen molar-refractivity contribution in [3.63, 3.8) is 0 Å². The van der Waals surface area contributed by atoms with Crippen molar-refractivity contribution >= 4 is 22.8 Å². The van der Waals surface area contributed by atoms with Gasteiger partial charge in [0, 0.05) is 18.0 Å². The summed E-state index contributed by atoms with van der Waals surface area (Å²) in [5, 5.41) is 11.4. The van der Waals surface area contributed by atoms with Gasteiger partial charge in [0.25, 0.3) is 0 Å². The topological polar surface area (TPSA) is 98.4 Å². The number of anilines is 1. The maximum atomic E-state index is 13.6. The normalized spacial score (nSPS) is 10.8. The number of amides is 1. The van der Waals surface area contributed by atoms with Crippen molar-refractivity contribution < 1.29 is 14.6 Å². The third-order valence-electron chi connectivity index (χ3n) is 5.05. The molecule has 2 N–H and O–H groups in total. The lowest BCUT2D eigenvalue weighted by molar-refractivity contribution is 0.210. The average Bonchev–Trinajstić information content (AvgIpc) is 3.11. The summed E-state index contributed by atoms with van der Waals surface area (Å²) in [5.41, 5.74) is 2.43. The van der Waals surface area contributed by atoms with Crippen LogP contribution in [0.15, 0.2) is 102 Å². The average molecular weight is 438 g/mol. The van der Waals surface area contributed by atoms with Gasteiger partial charge >= 0.3 is 11.8 Å². The number of nitrogens with one attached hydrogen (secondary N) is 1. The van der Waals surface area contributed by atoms with E-state index in [1.807, 2.05) is 48.5 Å². The van der Waals surface area contributed by atoms with Crippen LogP contribution in [-0.2, 0) is 0 Å². The molecule has 1 amide bonds. The van der Waals surface area contributed by atoms with Gasteiger partial charge in [0.2, 0.25) is 0 Å². The van der Waals surface area contributed by atoms with Crippen LogP contribution in [-0.4, -0.2) is 25.3 Å². The van der Waals surface area contributed by atoms with Gasteiger partial charge < -0.3 is 9.84 Å². The molecule has 0 bridgehead atoms. The predicted octanol–water partition coefficient (Wildman–Crippen LogP) is 5.06. The summed E-state index contributed by atoms with van der Waals surface area (Å²) in [6.45, 7) is 0. The smallest absolute Gasteiger partial charge is 0.409 e. The summed E-state index contributed by atoms with van der Waals surface area (Å²) < 4.78 is 9.01. The summed E-state index contributed by atoms with van der Waals surface area (Å²) in [4.78, 5) is 28.9. The third-order valence-corrected chi connectivity index (χ3v) is 5.05. The van der Waals surface area contributed by atoms with Crippen molar-refractivity contribution in [1.82, 2.24) is 14.1 Å². The number of hydrogen-bond donors (Lipinski definition) is 2. The van der Waals surface area contributed by atoms with E-state index in [9.17, 15) is 9.59 Å². The number of carboxylic acid groups (broad SMARTS) is 1. The Hall–Kier alpha value is -4.85. The van der Waals surface area contributed by atoms with Gasteiger partial charge in [-0.15, -0.1) is 0 Å². The molecular weight excluding hydrogens is 420 g/mol. The van der Waals surface area contributed by atoms with Crippen molar-refractivity contribution in [2.45, 2.75) is 0 Å². The van der Waals surface area contributed by atoms with Gasteiger partial charge in [-0.05, 0) is 48.5 Å². The Morgan fingerprint density at radius 2 is 1.52 bits per heavy atom. The third kappa shape index (κ3) is 3.92. The quantitative estimate of drug-likeness (QED) is 0.400. The number of hydrogen-bond acceptors (Lipinski definition) is 4. The molecular formula is C25H18N4O4. The van der Waals surface area contributed by atoms with E-state index in [-0.39, 0.29) is 5.69 Å². The molecule has 162 valence electrons. The van der Waals surface area contributed by atoms with Crippen LogP contribution in [0, 0.1) is 0 Å². The number of pyridine rings is 1. The molecule has 0 saturated heterocycles. The van der Waals surface area contributed by atoms with E-state index in [1.165, 1.54) is 4.57 Å². The van der Waals surface area contributed by atoms with Crippen LogP contribution in [0.2, 0.25) is 0 Å². The second-order valence-electron chi connectivity index (χ2n) is 7.21. The molecule has 0 aliphatic carbocycles. The van der Waals surface area contributed by atoms with Gasteiger partial charge in [-0.3, -0.25) is 19.4 Å². The number of fused-ring (bicyclic) bond motifs is 1. The molecule has 0 atom stereocenters. The molecule has 0 fully saturated rings. The van der Waals surface area contributed by atoms with E-state index in [0.29, 0.717) is 39.6 Å². The van der Waals surface area contributed by atoms with Gasteiger partial charge in [0.1, 0.15) is 11.5 Å². The largest absolute Gasteiger partial charge is 0.465 e. The van der Waals surface area contributed by atoms with Crippen LogP contribution >= 0.6 is 0 Å². The fraction of sp³-hybridized carbons (Fsp3) is 0. The zero-order chi connectivity index (χ0) is 22.8. The number of imidazole rings is 1. The molecule has 8 heteroatoms. The van der Waals surface area contributed by atoms with Crippen LogP contribution in [0.3, 0.4) is 0 Å². The Morgan fingerprint density at radius 1 is 0.818 bits per heavy atom. The van der Waals surface area contributed by atoms with E-state index >= 15 is 0 Å². The second-order valence-corrected chi connectivity index (χ2v) is 7.21. The van der Waals surface area contributed by atoms with Crippen molar-refractivity contribution in [1.29, 1.82) is 0 Å². The Labute approximate surface area is 187 Å². The summed E-state index contributed by atoms with van der Waals surface area (Å²) >= 11 is 0. The lowest BCUT2D eigenvalue weighted by Crippen LogP contribution is -2.22. The van der Waals surface area contributed by atoms with E-state index < -0.39 is 6.09 Å². The Bertz CT molecular complexity index is 1520. The molecule has 3 aromatic carbocycles. The highest BCUT2D eigenvalue weighted by molar-refractivity contribution is 5.84. The monoisotopic (exact) mass is 438 g/mol. The molecule has 0 aliphatic heterocycles. The molecule has 33 heavy (non-hydrogen) atoms. The van der Waals surface area contributed by atoms with Gasteiger partial charge in [0.05, 0.1) is 28.6 Å². The minimum atomic E-state index is -1.18. The Morgan fingerprint density at radius 3 is 2.30 bits per heavy atom. The highest BCUT2D eigenvalue weighted by Crippen LogP contribution is 2.26. The first-order valence-electron chi connectivity index (χ1n) is 10.1. The first kappa shape index (κ1) is 20.1. The molecule has 0 aliphatic rings. The molecule has 0 unspecified atom stereocenters. The van der Waals surface area contributed by atoms with E-state index in [2.05, 4.69) is 10.3 Å². The molecule has 0 spiro atoms. The zero-order valence-electron chi connectivity index (χ0n) is 17.3. The van der Waals surface area contributed by atoms with E-state index in [1.54, 1.807) is 53.4 Å². The number of benzene rings is 3. The zero-order valence-corrected chi connectivity index (χ0v) is 17.3. The van der Waals surface area contributed by atoms with Gasteiger partial charge in [-0.2, -0.15) is 0 Å². The van der Waals surface area contributed by atoms with Crippen LogP contribution in [0.25, 0.3) is 22.4 Å². The molecule has 5 rings (SSSR count). The fourth-order valence-electron chi connectivity index (χ4n) is 3.70. The van der Waals surface area contributed by atoms with Crippen LogP contribution < -0.4 is 15.7 Å². The highest BCUT2D eigenvalue weighted by Gasteiger charge is 2.17. The first-order valence-corrected chi connectivity index (χ1v) is 10.1. The molecule has 8 nitrogen and oxygen atoms in total. The van der Waals surface area contributed by atoms with Crippen LogP contribution in [0.5, 0.6) is 11.5 Å². The second kappa shape index (κ2) is 8.35. The summed E-state index contributed by atoms with van der Waals surface area (Å²) in [6.07, 6.45) is 2.05. The number of rotatable bonds is 5. The molecule has 2 aromatic heterocycles. The lowest BCUT2D eigenvalue weighted by Gasteiger charge is -2.08. The van der Waals surface area contributed by atoms with Gasteiger partial charge in [-0.1, -0.05) is 30.3 Å². The van der Waals surface area contributed by atoms with E-state index in [0.717, 1.165) is 0 Å². The van der Waals surface area contributed by atoms with Crippen molar-refractivity contribution in [2.24, 2.45) is 0 Å². The fourth-order valence-corrected chi connectivity index (χ4v) is 3.70. The number of carbonyl (C=O) groups is 1. The number of aromatic nitrogens is 3. The maximum absolute atomic E-state index is 13.6. The molecule has 5 aromatic rings. The molecule has 0 saturated carbocycles. The van der Waals surface area contributed by atoms with Crippen LogP contribution in [0.4, 0.5) is 10.5 Å². The maximum Gasteiger partial charge on any atom is 0.409 e. The van der Waals surface area contributed by atoms with Crippen LogP contribution in [0.1, 0.15) is 0 Å². The standard InChI is InChI=1S/C25H18N4O4/c30-24(31)27-17-6-4-7-18(14-17)28-22-12-13-26-16-23(22)29(25(28)32)19-8-5-11-21(15-19)33-20-9-2-1-3-10-20/h1-16,27H,(H,30,31). The number of nitrogens with zero attached hydrogens (tertiary/aromatic N) is 3. The van der Waals surface area contributed by atoms with E-state index in [4.69, 9.17) is 9.84 Å². The summed E-state index contributed by atoms with van der Waals surface area (Å²) in [5.74, 6) is 1.27. The van der Waals surface area contributed by atoms with Crippen molar-refractivity contribution in [3.05, 3.63) is 108 Å². The Balaban J connectivity index is 1.64. The number of ether oxygens (including phenoxy) is 1. The minimum Gasteiger partial charge on any atom is -0.465 e. The predicted molar refractivity (Wildman–Crippen MR) is 125 cm³/mol. The van der Waals surface area contributed by atoms with Crippen molar-refractivity contribution in [2.75, 3.05) is 5.32 Å². The summed E-state index contributed by atoms with van der Waals surface area (Å²) in [7, 11) is 0. The molecule has 0 radical (unpaired) electrons. The molecule has 2 heterocycles. The SMILES string of the molecule is O=C(O)Nc1cccc(-n2c(=O)n(-c3cccc(Oc4ccccc4)c3)c3cnccc32)c1. The highest BCUT2D eigenvalue weighted by atomic mass is 16.5. The lowest BCUT2D eigenvalue weighted by atomic mass is 10.2.